The van der Waals surface area contributed by atoms with Gasteiger partial charge < -0.3 is 10.1 Å². The number of nitrogens with one attached hydrogen (secondary N) is 1. The molecule has 136 valence electrons. The van der Waals surface area contributed by atoms with E-state index in [4.69, 9.17) is 5.26 Å². The van der Waals surface area contributed by atoms with Gasteiger partial charge in [-0.15, -0.1) is 13.2 Å². The number of hydrogen-bond donors (Lipinski definition) is 1. The van der Waals surface area contributed by atoms with Gasteiger partial charge in [-0.25, -0.2) is 0 Å². The molecule has 0 aliphatic rings. The third-order valence-corrected chi connectivity index (χ3v) is 3.29. The molecule has 0 heterocycles. The standard InChI is InChI=1S/C18H16F3N3O2/c1-24(11-14-4-2-3-13(9-14)10-22)12-17(25)23-15-5-7-16(8-6-15)26-18(19,20)21/h2-9H,11-12H2,1H3,(H,23,25). The number of rotatable bonds is 6. The van der Waals surface area contributed by atoms with Crippen LogP contribution in [0.5, 0.6) is 5.75 Å². The number of nitriles is 1. The lowest BCUT2D eigenvalue weighted by Gasteiger charge is -2.16. The largest absolute Gasteiger partial charge is 0.573 e. The minimum atomic E-state index is -4.75. The van der Waals surface area contributed by atoms with Crippen molar-refractivity contribution in [3.63, 3.8) is 0 Å². The van der Waals surface area contributed by atoms with Crippen molar-refractivity contribution in [3.8, 4) is 11.8 Å². The summed E-state index contributed by atoms with van der Waals surface area (Å²) >= 11 is 0. The smallest absolute Gasteiger partial charge is 0.406 e. The highest BCUT2D eigenvalue weighted by Crippen LogP contribution is 2.23. The van der Waals surface area contributed by atoms with Crippen LogP contribution in [-0.2, 0) is 11.3 Å². The molecular weight excluding hydrogens is 347 g/mol. The van der Waals surface area contributed by atoms with Gasteiger partial charge in [-0.3, -0.25) is 9.69 Å². The van der Waals surface area contributed by atoms with Crippen LogP contribution in [0.4, 0.5) is 18.9 Å². The van der Waals surface area contributed by atoms with Gasteiger partial charge in [0, 0.05) is 12.2 Å². The Bertz CT molecular complexity index is 799. The van der Waals surface area contributed by atoms with E-state index in [2.05, 4.69) is 16.1 Å². The first-order valence-electron chi connectivity index (χ1n) is 7.58. The van der Waals surface area contributed by atoms with Crippen LogP contribution in [0.1, 0.15) is 11.1 Å². The highest BCUT2D eigenvalue weighted by atomic mass is 19.4. The van der Waals surface area contributed by atoms with Crippen molar-refractivity contribution in [2.45, 2.75) is 12.9 Å². The number of halogens is 3. The van der Waals surface area contributed by atoms with Gasteiger partial charge in [0.05, 0.1) is 18.2 Å². The molecular formula is C18H16F3N3O2. The van der Waals surface area contributed by atoms with Gasteiger partial charge in [0.1, 0.15) is 5.75 Å². The summed E-state index contributed by atoms with van der Waals surface area (Å²) in [5, 5.41) is 11.5. The quantitative estimate of drug-likeness (QED) is 0.853. The van der Waals surface area contributed by atoms with Gasteiger partial charge in [-0.1, -0.05) is 12.1 Å². The molecule has 2 aromatic rings. The first-order valence-corrected chi connectivity index (χ1v) is 7.58. The minimum Gasteiger partial charge on any atom is -0.406 e. The second-order valence-corrected chi connectivity index (χ2v) is 5.60. The van der Waals surface area contributed by atoms with Gasteiger partial charge in [0.2, 0.25) is 5.91 Å². The van der Waals surface area contributed by atoms with Crippen LogP contribution in [-0.4, -0.2) is 30.8 Å². The number of carbonyl (C=O) groups excluding carboxylic acids is 1. The number of anilines is 1. The van der Waals surface area contributed by atoms with E-state index in [1.54, 1.807) is 30.1 Å². The summed E-state index contributed by atoms with van der Waals surface area (Å²) in [6, 6.07) is 14.0. The number of carbonyl (C=O) groups is 1. The van der Waals surface area contributed by atoms with E-state index < -0.39 is 6.36 Å². The summed E-state index contributed by atoms with van der Waals surface area (Å²) in [4.78, 5) is 13.8. The summed E-state index contributed by atoms with van der Waals surface area (Å²) in [5.41, 5.74) is 1.80. The minimum absolute atomic E-state index is 0.0809. The van der Waals surface area contributed by atoms with Crippen LogP contribution >= 0.6 is 0 Å². The molecule has 1 amide bonds. The Morgan fingerprint density at radius 1 is 1.23 bits per heavy atom. The fourth-order valence-corrected chi connectivity index (χ4v) is 2.29. The van der Waals surface area contributed by atoms with E-state index in [1.165, 1.54) is 12.1 Å². The number of likely N-dealkylation sites (N-methyl/N-ethyl adjacent to an activating group) is 1. The summed E-state index contributed by atoms with van der Waals surface area (Å²) in [6.45, 7) is 0.554. The molecule has 0 aliphatic carbocycles. The maximum atomic E-state index is 12.1. The van der Waals surface area contributed by atoms with Crippen molar-refractivity contribution < 1.29 is 22.7 Å². The summed E-state index contributed by atoms with van der Waals surface area (Å²) < 4.78 is 40.1. The zero-order chi connectivity index (χ0) is 19.2. The molecule has 26 heavy (non-hydrogen) atoms. The molecule has 0 saturated carbocycles. The topological polar surface area (TPSA) is 65.4 Å². The normalized spacial score (nSPS) is 11.1. The first kappa shape index (κ1) is 19.3. The summed E-state index contributed by atoms with van der Waals surface area (Å²) in [6.07, 6.45) is -4.75. The monoisotopic (exact) mass is 363 g/mol. The SMILES string of the molecule is CN(CC(=O)Nc1ccc(OC(F)(F)F)cc1)Cc1cccc(C#N)c1. The fourth-order valence-electron chi connectivity index (χ4n) is 2.29. The van der Waals surface area contributed by atoms with E-state index in [-0.39, 0.29) is 18.2 Å². The van der Waals surface area contributed by atoms with Crippen LogP contribution in [0.3, 0.4) is 0 Å². The molecule has 0 saturated heterocycles. The van der Waals surface area contributed by atoms with E-state index in [0.29, 0.717) is 17.8 Å². The van der Waals surface area contributed by atoms with Crippen LogP contribution < -0.4 is 10.1 Å². The zero-order valence-corrected chi connectivity index (χ0v) is 13.9. The molecule has 2 rings (SSSR count). The van der Waals surface area contributed by atoms with Crippen LogP contribution in [0, 0.1) is 11.3 Å². The van der Waals surface area contributed by atoms with Crippen LogP contribution in [0.15, 0.2) is 48.5 Å². The first-order chi connectivity index (χ1) is 12.2. The molecule has 0 aromatic heterocycles. The van der Waals surface area contributed by atoms with Gasteiger partial charge in [-0.2, -0.15) is 5.26 Å². The number of benzene rings is 2. The maximum absolute atomic E-state index is 12.1. The van der Waals surface area contributed by atoms with E-state index in [1.807, 2.05) is 6.07 Å². The lowest BCUT2D eigenvalue weighted by molar-refractivity contribution is -0.274. The lowest BCUT2D eigenvalue weighted by Crippen LogP contribution is -2.29. The number of alkyl halides is 3. The van der Waals surface area contributed by atoms with E-state index in [0.717, 1.165) is 17.7 Å². The Morgan fingerprint density at radius 3 is 2.54 bits per heavy atom. The Balaban J connectivity index is 1.86. The Labute approximate surface area is 148 Å². The average molecular weight is 363 g/mol. The zero-order valence-electron chi connectivity index (χ0n) is 13.9. The Hall–Kier alpha value is -3.05. The van der Waals surface area contributed by atoms with Crippen molar-refractivity contribution in [1.29, 1.82) is 5.26 Å². The molecule has 8 heteroatoms. The molecule has 1 N–H and O–H groups in total. The van der Waals surface area contributed by atoms with Gasteiger partial charge in [0.15, 0.2) is 0 Å². The predicted molar refractivity (Wildman–Crippen MR) is 89.2 cm³/mol. The third-order valence-electron chi connectivity index (χ3n) is 3.29. The Morgan fingerprint density at radius 2 is 1.92 bits per heavy atom. The van der Waals surface area contributed by atoms with Gasteiger partial charge in [0.25, 0.3) is 0 Å². The molecule has 5 nitrogen and oxygen atoms in total. The highest BCUT2D eigenvalue weighted by Gasteiger charge is 2.30. The van der Waals surface area contributed by atoms with Crippen molar-refractivity contribution in [3.05, 3.63) is 59.7 Å². The number of ether oxygens (including phenoxy) is 1. The molecule has 0 bridgehead atoms. The summed E-state index contributed by atoms with van der Waals surface area (Å²) in [7, 11) is 1.75. The van der Waals surface area contributed by atoms with Crippen molar-refractivity contribution in [2.75, 3.05) is 18.9 Å². The molecule has 0 fully saturated rings. The second-order valence-electron chi connectivity index (χ2n) is 5.60. The molecule has 0 radical (unpaired) electrons. The van der Waals surface area contributed by atoms with Crippen molar-refractivity contribution in [1.82, 2.24) is 4.90 Å². The summed E-state index contributed by atoms with van der Waals surface area (Å²) in [5.74, 6) is -0.668. The molecule has 0 atom stereocenters. The average Bonchev–Trinajstić information content (AvgIpc) is 2.55. The van der Waals surface area contributed by atoms with Gasteiger partial charge in [-0.05, 0) is 49.0 Å². The van der Waals surface area contributed by atoms with Crippen molar-refractivity contribution >= 4 is 11.6 Å². The number of nitrogens with zero attached hydrogens (tertiary/aromatic N) is 2. The lowest BCUT2D eigenvalue weighted by atomic mass is 10.1. The fraction of sp³-hybridized carbons (Fsp3) is 0.222. The second kappa shape index (κ2) is 8.36. The van der Waals surface area contributed by atoms with E-state index in [9.17, 15) is 18.0 Å². The third kappa shape index (κ3) is 6.45. The molecule has 0 aliphatic heterocycles. The molecule has 2 aromatic carbocycles. The number of hydrogen-bond acceptors (Lipinski definition) is 4. The predicted octanol–water partition coefficient (Wildman–Crippen LogP) is 3.53. The van der Waals surface area contributed by atoms with Crippen molar-refractivity contribution in [2.24, 2.45) is 0 Å². The van der Waals surface area contributed by atoms with Crippen LogP contribution in [0.2, 0.25) is 0 Å². The Kier molecular flexibility index (Phi) is 6.20. The molecule has 0 unspecified atom stereocenters. The maximum Gasteiger partial charge on any atom is 0.573 e. The highest BCUT2D eigenvalue weighted by molar-refractivity contribution is 5.92. The number of amides is 1. The van der Waals surface area contributed by atoms with E-state index >= 15 is 0 Å². The van der Waals surface area contributed by atoms with Gasteiger partial charge >= 0.3 is 6.36 Å². The van der Waals surface area contributed by atoms with Crippen LogP contribution in [0.25, 0.3) is 0 Å². The molecule has 0 spiro atoms.